The number of halogens is 3. The minimum Gasteiger partial charge on any atom is -0.341 e. The third kappa shape index (κ3) is 3.49. The van der Waals surface area contributed by atoms with Crippen LogP contribution in [-0.4, -0.2) is 53.5 Å². The number of likely N-dealkylation sites (N-methyl/N-ethyl adjacent to an activating group) is 1. The molecule has 1 saturated carbocycles. The first kappa shape index (κ1) is 16.1. The van der Waals surface area contributed by atoms with E-state index in [1.807, 2.05) is 0 Å². The van der Waals surface area contributed by atoms with Crippen LogP contribution in [0.25, 0.3) is 0 Å². The second-order valence-corrected chi connectivity index (χ2v) is 5.90. The average molecular weight is 306 g/mol. The number of alkyl halides is 3. The number of amides is 2. The minimum atomic E-state index is -4.91. The molecular formula is C14H21F3N2O2. The van der Waals surface area contributed by atoms with Crippen molar-refractivity contribution >= 4 is 11.8 Å². The molecule has 0 radical (unpaired) electrons. The summed E-state index contributed by atoms with van der Waals surface area (Å²) in [6.45, 7) is 0.00720. The van der Waals surface area contributed by atoms with Crippen molar-refractivity contribution in [3.05, 3.63) is 0 Å². The summed E-state index contributed by atoms with van der Waals surface area (Å²) >= 11 is 0. The predicted molar refractivity (Wildman–Crippen MR) is 70.4 cm³/mol. The van der Waals surface area contributed by atoms with E-state index in [9.17, 15) is 22.8 Å². The highest BCUT2D eigenvalue weighted by molar-refractivity contribution is 5.90. The van der Waals surface area contributed by atoms with Crippen LogP contribution in [0.1, 0.15) is 44.9 Å². The summed E-state index contributed by atoms with van der Waals surface area (Å²) in [5, 5.41) is 0. The lowest BCUT2D eigenvalue weighted by Crippen LogP contribution is -2.52. The van der Waals surface area contributed by atoms with E-state index in [4.69, 9.17) is 0 Å². The van der Waals surface area contributed by atoms with E-state index in [-0.39, 0.29) is 18.5 Å². The molecule has 2 amide bonds. The van der Waals surface area contributed by atoms with Gasteiger partial charge in [-0.05, 0) is 25.7 Å². The molecule has 0 bridgehead atoms. The molecule has 1 aliphatic heterocycles. The molecule has 21 heavy (non-hydrogen) atoms. The van der Waals surface area contributed by atoms with Gasteiger partial charge in [0, 0.05) is 19.6 Å². The van der Waals surface area contributed by atoms with E-state index in [1.165, 1.54) is 0 Å². The zero-order chi connectivity index (χ0) is 15.6. The number of hydrogen-bond acceptors (Lipinski definition) is 2. The van der Waals surface area contributed by atoms with Gasteiger partial charge in [-0.15, -0.1) is 0 Å². The summed E-state index contributed by atoms with van der Waals surface area (Å²) in [4.78, 5) is 26.1. The molecule has 2 aliphatic rings. The Hall–Kier alpha value is -1.27. The second-order valence-electron chi connectivity index (χ2n) is 5.90. The quantitative estimate of drug-likeness (QED) is 0.785. The van der Waals surface area contributed by atoms with Crippen LogP contribution >= 0.6 is 0 Å². The molecule has 0 N–H and O–H groups in total. The second kappa shape index (κ2) is 6.23. The molecule has 7 heteroatoms. The van der Waals surface area contributed by atoms with Crippen molar-refractivity contribution in [2.45, 2.75) is 63.2 Å². The zero-order valence-corrected chi connectivity index (χ0v) is 12.2. The van der Waals surface area contributed by atoms with Crippen LogP contribution in [-0.2, 0) is 9.59 Å². The van der Waals surface area contributed by atoms with Crippen LogP contribution in [0.4, 0.5) is 13.2 Å². The summed E-state index contributed by atoms with van der Waals surface area (Å²) in [5.41, 5.74) is 0. The monoisotopic (exact) mass is 306 g/mol. The van der Waals surface area contributed by atoms with Gasteiger partial charge in [-0.3, -0.25) is 9.59 Å². The third-order valence-corrected chi connectivity index (χ3v) is 4.51. The standard InChI is InChI=1S/C14H21F3N2O2/c1-18(10-6-3-2-4-7-10)12(20)11-8-5-9-19(11)13(21)14(15,16)17/h10-11H,2-9H2,1H3. The predicted octanol–water partition coefficient (Wildman–Crippen LogP) is 2.33. The van der Waals surface area contributed by atoms with Gasteiger partial charge in [0.05, 0.1) is 0 Å². The highest BCUT2D eigenvalue weighted by Crippen LogP contribution is 2.28. The van der Waals surface area contributed by atoms with Crippen LogP contribution in [0.5, 0.6) is 0 Å². The molecule has 1 atom stereocenters. The minimum absolute atomic E-state index is 0.00720. The van der Waals surface area contributed by atoms with Crippen molar-refractivity contribution in [3.63, 3.8) is 0 Å². The van der Waals surface area contributed by atoms with Crippen LogP contribution in [0.3, 0.4) is 0 Å². The molecule has 1 aliphatic carbocycles. The number of likely N-dealkylation sites (tertiary alicyclic amines) is 1. The highest BCUT2D eigenvalue weighted by Gasteiger charge is 2.48. The van der Waals surface area contributed by atoms with E-state index < -0.39 is 18.1 Å². The number of carbonyl (C=O) groups is 2. The highest BCUT2D eigenvalue weighted by atomic mass is 19.4. The molecule has 2 rings (SSSR count). The molecule has 2 fully saturated rings. The van der Waals surface area contributed by atoms with E-state index in [2.05, 4.69) is 0 Å². The van der Waals surface area contributed by atoms with E-state index in [0.717, 1.165) is 32.1 Å². The van der Waals surface area contributed by atoms with Gasteiger partial charge in [0.15, 0.2) is 0 Å². The molecule has 1 saturated heterocycles. The Kier molecular flexibility index (Phi) is 4.78. The Morgan fingerprint density at radius 2 is 1.67 bits per heavy atom. The number of rotatable bonds is 2. The number of hydrogen-bond donors (Lipinski definition) is 0. The summed E-state index contributed by atoms with van der Waals surface area (Å²) < 4.78 is 37.7. The molecule has 1 heterocycles. The topological polar surface area (TPSA) is 40.6 Å². The fourth-order valence-electron chi connectivity index (χ4n) is 3.31. The third-order valence-electron chi connectivity index (χ3n) is 4.51. The molecule has 0 spiro atoms. The number of carbonyl (C=O) groups excluding carboxylic acids is 2. The van der Waals surface area contributed by atoms with Crippen LogP contribution in [0.15, 0.2) is 0 Å². The van der Waals surface area contributed by atoms with Crippen molar-refractivity contribution in [2.75, 3.05) is 13.6 Å². The van der Waals surface area contributed by atoms with E-state index in [1.54, 1.807) is 11.9 Å². The van der Waals surface area contributed by atoms with Gasteiger partial charge in [0.25, 0.3) is 0 Å². The Morgan fingerprint density at radius 3 is 2.24 bits per heavy atom. The van der Waals surface area contributed by atoms with Gasteiger partial charge >= 0.3 is 12.1 Å². The molecule has 0 aromatic carbocycles. The molecule has 0 aromatic rings. The maximum Gasteiger partial charge on any atom is 0.471 e. The molecule has 120 valence electrons. The van der Waals surface area contributed by atoms with Crippen molar-refractivity contribution in [3.8, 4) is 0 Å². The van der Waals surface area contributed by atoms with Crippen LogP contribution < -0.4 is 0 Å². The first-order valence-corrected chi connectivity index (χ1v) is 7.47. The van der Waals surface area contributed by atoms with Crippen molar-refractivity contribution < 1.29 is 22.8 Å². The maximum absolute atomic E-state index is 12.6. The normalized spacial score (nSPS) is 24.2. The van der Waals surface area contributed by atoms with Crippen LogP contribution in [0.2, 0.25) is 0 Å². The Balaban J connectivity index is 2.05. The lowest BCUT2D eigenvalue weighted by atomic mass is 9.94. The van der Waals surface area contributed by atoms with Crippen molar-refractivity contribution in [2.24, 2.45) is 0 Å². The summed E-state index contributed by atoms with van der Waals surface area (Å²) in [5.74, 6) is -2.24. The smallest absolute Gasteiger partial charge is 0.341 e. The Bertz CT molecular complexity index is 406. The lowest BCUT2D eigenvalue weighted by molar-refractivity contribution is -0.187. The maximum atomic E-state index is 12.6. The van der Waals surface area contributed by atoms with Gasteiger partial charge in [-0.25, -0.2) is 0 Å². The van der Waals surface area contributed by atoms with Gasteiger partial charge in [0.2, 0.25) is 5.91 Å². The first-order chi connectivity index (χ1) is 9.82. The largest absolute Gasteiger partial charge is 0.471 e. The van der Waals surface area contributed by atoms with Crippen molar-refractivity contribution in [1.82, 2.24) is 9.80 Å². The first-order valence-electron chi connectivity index (χ1n) is 7.47. The Morgan fingerprint density at radius 1 is 1.05 bits per heavy atom. The average Bonchev–Trinajstić information content (AvgIpc) is 2.94. The van der Waals surface area contributed by atoms with E-state index >= 15 is 0 Å². The molecule has 1 unspecified atom stereocenters. The van der Waals surface area contributed by atoms with Gasteiger partial charge in [-0.1, -0.05) is 19.3 Å². The van der Waals surface area contributed by atoms with Gasteiger partial charge in [-0.2, -0.15) is 13.2 Å². The molecule has 4 nitrogen and oxygen atoms in total. The molecular weight excluding hydrogens is 285 g/mol. The fraction of sp³-hybridized carbons (Fsp3) is 0.857. The van der Waals surface area contributed by atoms with Gasteiger partial charge < -0.3 is 9.80 Å². The fourth-order valence-corrected chi connectivity index (χ4v) is 3.31. The summed E-state index contributed by atoms with van der Waals surface area (Å²) in [6.07, 6.45) is 0.849. The summed E-state index contributed by atoms with van der Waals surface area (Å²) in [7, 11) is 1.65. The van der Waals surface area contributed by atoms with Crippen molar-refractivity contribution in [1.29, 1.82) is 0 Å². The summed E-state index contributed by atoms with van der Waals surface area (Å²) in [6, 6.07) is -0.860. The van der Waals surface area contributed by atoms with Gasteiger partial charge in [0.1, 0.15) is 6.04 Å². The zero-order valence-electron chi connectivity index (χ0n) is 12.2. The van der Waals surface area contributed by atoms with Crippen LogP contribution in [0, 0.1) is 0 Å². The SMILES string of the molecule is CN(C(=O)C1CCCN1C(=O)C(F)(F)F)C1CCCCC1. The Labute approximate surface area is 122 Å². The lowest BCUT2D eigenvalue weighted by Gasteiger charge is -2.35. The number of nitrogens with zero attached hydrogens (tertiary/aromatic N) is 2. The van der Waals surface area contributed by atoms with E-state index in [0.29, 0.717) is 17.7 Å². The molecule has 0 aromatic heterocycles.